The molecule has 2 aliphatic rings. The van der Waals surface area contributed by atoms with E-state index in [1.807, 2.05) is 13.0 Å². The third kappa shape index (κ3) is 5.76. The molecule has 1 aromatic carbocycles. The smallest absolute Gasteiger partial charge is 0.451 e. The van der Waals surface area contributed by atoms with Crippen LogP contribution in [0.4, 0.5) is 13.2 Å². The van der Waals surface area contributed by atoms with Gasteiger partial charge in [0.2, 0.25) is 5.82 Å². The summed E-state index contributed by atoms with van der Waals surface area (Å²) in [6, 6.07) is 4.89. The third-order valence-corrected chi connectivity index (χ3v) is 7.40. The van der Waals surface area contributed by atoms with E-state index in [2.05, 4.69) is 25.6 Å². The standard InChI is InChI=1S/C25H26F3N5O3S/c1-13-10-30-23(37-13)16-7-15(8-18(9-16)36-20-4-3-19-21(20)35-6-5-29-19)22(34)33-14(2)17-11-31-24(32-12-17)25(26,27)28/h7-12,14,19-21,29H,3-6H2,1-2H3,(H,33,34)/t14?,19-,20+,21+/m0/s1. The third-order valence-electron chi connectivity index (χ3n) is 6.44. The Balaban J connectivity index is 1.37. The van der Waals surface area contributed by atoms with Gasteiger partial charge in [-0.1, -0.05) is 0 Å². The zero-order valence-corrected chi connectivity index (χ0v) is 21.0. The minimum absolute atomic E-state index is 0.0588. The molecule has 2 aromatic heterocycles. The van der Waals surface area contributed by atoms with Crippen molar-refractivity contribution in [2.45, 2.75) is 57.2 Å². The molecule has 0 radical (unpaired) electrons. The molecule has 3 aromatic rings. The quantitative estimate of drug-likeness (QED) is 0.487. The molecule has 1 aliphatic heterocycles. The summed E-state index contributed by atoms with van der Waals surface area (Å²) in [6.45, 7) is 5.05. The first kappa shape index (κ1) is 25.6. The van der Waals surface area contributed by atoms with Crippen molar-refractivity contribution < 1.29 is 27.4 Å². The maximum absolute atomic E-state index is 13.2. The maximum Gasteiger partial charge on any atom is 0.451 e. The lowest BCUT2D eigenvalue weighted by molar-refractivity contribution is -0.145. The van der Waals surface area contributed by atoms with Gasteiger partial charge in [-0.15, -0.1) is 11.3 Å². The summed E-state index contributed by atoms with van der Waals surface area (Å²) in [6.07, 6.45) is 0.840. The summed E-state index contributed by atoms with van der Waals surface area (Å²) in [5.41, 5.74) is 1.43. The Bertz CT molecular complexity index is 1270. The van der Waals surface area contributed by atoms with E-state index in [9.17, 15) is 18.0 Å². The first-order valence-electron chi connectivity index (χ1n) is 12.0. The number of alkyl halides is 3. The maximum atomic E-state index is 13.2. The van der Waals surface area contributed by atoms with Gasteiger partial charge in [0, 0.05) is 52.7 Å². The van der Waals surface area contributed by atoms with Crippen LogP contribution in [-0.2, 0) is 10.9 Å². The van der Waals surface area contributed by atoms with Gasteiger partial charge >= 0.3 is 6.18 Å². The number of aromatic nitrogens is 3. The number of carbonyl (C=O) groups excluding carboxylic acids is 1. The van der Waals surface area contributed by atoms with Gasteiger partial charge in [-0.25, -0.2) is 15.0 Å². The molecule has 1 saturated carbocycles. The van der Waals surface area contributed by atoms with E-state index in [0.717, 1.165) is 47.2 Å². The fourth-order valence-electron chi connectivity index (χ4n) is 4.59. The van der Waals surface area contributed by atoms with Crippen LogP contribution >= 0.6 is 11.3 Å². The normalized spacial score (nSPS) is 22.4. The van der Waals surface area contributed by atoms with Gasteiger partial charge in [-0.05, 0) is 44.9 Å². The van der Waals surface area contributed by atoms with Gasteiger partial charge < -0.3 is 20.1 Å². The van der Waals surface area contributed by atoms with E-state index in [4.69, 9.17) is 9.47 Å². The SMILES string of the molecule is Cc1cnc(-c2cc(O[C@@H]3CC[C@@H]4NCCO[C@H]43)cc(C(=O)NC(C)c3cnc(C(F)(F)F)nc3)c2)s1. The molecule has 37 heavy (non-hydrogen) atoms. The van der Waals surface area contributed by atoms with Gasteiger partial charge in [0.05, 0.1) is 12.6 Å². The number of nitrogens with one attached hydrogen (secondary N) is 2. The molecule has 2 fully saturated rings. The number of rotatable bonds is 6. The number of thiazole rings is 1. The number of benzene rings is 1. The number of nitrogens with zero attached hydrogens (tertiary/aromatic N) is 3. The highest BCUT2D eigenvalue weighted by Gasteiger charge is 2.40. The molecule has 5 rings (SSSR count). The highest BCUT2D eigenvalue weighted by atomic mass is 32.1. The van der Waals surface area contributed by atoms with E-state index in [0.29, 0.717) is 23.5 Å². The van der Waals surface area contributed by atoms with Crippen molar-refractivity contribution in [2.24, 2.45) is 0 Å². The topological polar surface area (TPSA) is 98.3 Å². The minimum Gasteiger partial charge on any atom is -0.488 e. The zero-order chi connectivity index (χ0) is 26.2. The molecule has 4 atom stereocenters. The van der Waals surface area contributed by atoms with Crippen LogP contribution in [0, 0.1) is 6.92 Å². The van der Waals surface area contributed by atoms with E-state index in [1.54, 1.807) is 25.3 Å². The predicted octanol–water partition coefficient (Wildman–Crippen LogP) is 4.32. The molecule has 1 amide bonds. The summed E-state index contributed by atoms with van der Waals surface area (Å²) in [7, 11) is 0. The van der Waals surface area contributed by atoms with E-state index < -0.39 is 23.9 Å². The molecule has 2 N–H and O–H groups in total. The highest BCUT2D eigenvalue weighted by molar-refractivity contribution is 7.14. The van der Waals surface area contributed by atoms with Crippen LogP contribution in [0.2, 0.25) is 0 Å². The highest BCUT2D eigenvalue weighted by Crippen LogP contribution is 2.33. The van der Waals surface area contributed by atoms with Crippen LogP contribution in [0.25, 0.3) is 10.6 Å². The van der Waals surface area contributed by atoms with Crippen LogP contribution in [-0.4, -0.2) is 52.3 Å². The van der Waals surface area contributed by atoms with Gasteiger partial charge in [0.25, 0.3) is 5.91 Å². The summed E-state index contributed by atoms with van der Waals surface area (Å²) in [4.78, 5) is 25.5. The number of hydrogen-bond acceptors (Lipinski definition) is 8. The molecule has 1 saturated heterocycles. The number of hydrogen-bond donors (Lipinski definition) is 2. The zero-order valence-electron chi connectivity index (χ0n) is 20.2. The van der Waals surface area contributed by atoms with Crippen molar-refractivity contribution in [1.29, 1.82) is 0 Å². The fourth-order valence-corrected chi connectivity index (χ4v) is 5.35. The Morgan fingerprint density at radius 2 is 1.97 bits per heavy atom. The van der Waals surface area contributed by atoms with Crippen molar-refractivity contribution >= 4 is 17.2 Å². The van der Waals surface area contributed by atoms with Crippen LogP contribution < -0.4 is 15.4 Å². The molecular formula is C25H26F3N5O3S. The molecule has 8 nitrogen and oxygen atoms in total. The van der Waals surface area contributed by atoms with Gasteiger partial charge in [0.15, 0.2) is 0 Å². The van der Waals surface area contributed by atoms with Gasteiger partial charge in [-0.3, -0.25) is 4.79 Å². The Hall–Kier alpha value is -3.09. The van der Waals surface area contributed by atoms with Crippen molar-refractivity contribution in [2.75, 3.05) is 13.2 Å². The summed E-state index contributed by atoms with van der Waals surface area (Å²) >= 11 is 1.50. The van der Waals surface area contributed by atoms with Crippen LogP contribution in [0.15, 0.2) is 36.8 Å². The number of halogens is 3. The lowest BCUT2D eigenvalue weighted by atomic mass is 10.1. The molecule has 1 aliphatic carbocycles. The van der Waals surface area contributed by atoms with Crippen molar-refractivity contribution in [1.82, 2.24) is 25.6 Å². The average Bonchev–Trinajstić information content (AvgIpc) is 3.50. The van der Waals surface area contributed by atoms with Crippen molar-refractivity contribution in [3.8, 4) is 16.3 Å². The monoisotopic (exact) mass is 533 g/mol. The van der Waals surface area contributed by atoms with E-state index >= 15 is 0 Å². The second-order valence-corrected chi connectivity index (χ2v) is 10.4. The fraction of sp³-hybridized carbons (Fsp3) is 0.440. The number of ether oxygens (including phenoxy) is 2. The molecule has 0 spiro atoms. The number of carbonyl (C=O) groups is 1. The number of morpholine rings is 1. The molecule has 0 bridgehead atoms. The molecular weight excluding hydrogens is 507 g/mol. The van der Waals surface area contributed by atoms with Crippen molar-refractivity contribution in [3.05, 3.63) is 58.6 Å². The minimum atomic E-state index is -4.63. The second-order valence-electron chi connectivity index (χ2n) is 9.18. The van der Waals surface area contributed by atoms with Gasteiger partial charge in [-0.2, -0.15) is 13.2 Å². The lowest BCUT2D eigenvalue weighted by Gasteiger charge is -2.30. The number of amides is 1. The van der Waals surface area contributed by atoms with Gasteiger partial charge in [0.1, 0.15) is 23.0 Å². The molecule has 12 heteroatoms. The first-order chi connectivity index (χ1) is 17.7. The molecule has 196 valence electrons. The first-order valence-corrected chi connectivity index (χ1v) is 12.8. The largest absolute Gasteiger partial charge is 0.488 e. The van der Waals surface area contributed by atoms with Crippen LogP contribution in [0.5, 0.6) is 5.75 Å². The summed E-state index contributed by atoms with van der Waals surface area (Å²) in [5.74, 6) is -1.11. The second kappa shape index (κ2) is 10.3. The van der Waals surface area contributed by atoms with Crippen molar-refractivity contribution in [3.63, 3.8) is 0 Å². The Morgan fingerprint density at radius 1 is 1.19 bits per heavy atom. The van der Waals surface area contributed by atoms with E-state index in [-0.39, 0.29) is 18.2 Å². The summed E-state index contributed by atoms with van der Waals surface area (Å²) < 4.78 is 50.7. The molecule has 1 unspecified atom stereocenters. The Labute approximate surface area is 215 Å². The van der Waals surface area contributed by atoms with Crippen LogP contribution in [0.1, 0.15) is 52.4 Å². The average molecular weight is 534 g/mol. The number of fused-ring (bicyclic) bond motifs is 1. The molecule has 3 heterocycles. The summed E-state index contributed by atoms with van der Waals surface area (Å²) in [5, 5.41) is 7.03. The van der Waals surface area contributed by atoms with E-state index in [1.165, 1.54) is 11.3 Å². The Kier molecular flexibility index (Phi) is 7.15. The van der Waals surface area contributed by atoms with Crippen LogP contribution in [0.3, 0.4) is 0 Å². The number of aryl methyl sites for hydroxylation is 1. The lowest BCUT2D eigenvalue weighted by Crippen LogP contribution is -2.49. The Morgan fingerprint density at radius 3 is 2.68 bits per heavy atom. The predicted molar refractivity (Wildman–Crippen MR) is 130 cm³/mol.